The van der Waals surface area contributed by atoms with Crippen LogP contribution in [0.3, 0.4) is 0 Å². The van der Waals surface area contributed by atoms with Crippen LogP contribution in [-0.4, -0.2) is 23.7 Å². The number of esters is 1. The Morgan fingerprint density at radius 2 is 1.44 bits per heavy atom. The van der Waals surface area contributed by atoms with Crippen molar-refractivity contribution in [1.82, 2.24) is 0 Å². The molecule has 0 fully saturated rings. The fraction of sp³-hybridized carbons (Fsp3) is 0.857. The minimum Gasteiger partial charge on any atom is -0.481 e. The van der Waals surface area contributed by atoms with Crippen molar-refractivity contribution in [3.05, 3.63) is 0 Å². The van der Waals surface area contributed by atoms with E-state index in [2.05, 4.69) is 0 Å². The van der Waals surface area contributed by atoms with Crippen molar-refractivity contribution in [3.8, 4) is 0 Å². The van der Waals surface area contributed by atoms with Gasteiger partial charge in [-0.3, -0.25) is 9.59 Å². The number of carbonyl (C=O) groups excluding carboxylic acids is 1. The number of hydrogen-bond donors (Lipinski definition) is 1. The van der Waals surface area contributed by atoms with Crippen molar-refractivity contribution in [2.45, 2.75) is 47.5 Å². The molecule has 4 heteroatoms. The van der Waals surface area contributed by atoms with Gasteiger partial charge in [0.1, 0.15) is 0 Å². The molecule has 0 aromatic heterocycles. The van der Waals surface area contributed by atoms with E-state index < -0.39 is 17.8 Å². The van der Waals surface area contributed by atoms with Gasteiger partial charge in [0.05, 0.1) is 18.4 Å². The first-order valence-corrected chi connectivity index (χ1v) is 6.68. The average Bonchev–Trinajstić information content (AvgIpc) is 2.22. The third-order valence-corrected chi connectivity index (χ3v) is 2.84. The maximum atomic E-state index is 11.9. The molecule has 4 nitrogen and oxygen atoms in total. The van der Waals surface area contributed by atoms with Gasteiger partial charge in [0, 0.05) is 0 Å². The number of carboxylic acid groups (broad SMARTS) is 1. The van der Waals surface area contributed by atoms with Crippen molar-refractivity contribution in [2.24, 2.45) is 23.7 Å². The van der Waals surface area contributed by atoms with Crippen LogP contribution in [0.5, 0.6) is 0 Å². The third-order valence-electron chi connectivity index (χ3n) is 2.84. The van der Waals surface area contributed by atoms with Crippen LogP contribution in [0.4, 0.5) is 0 Å². The Bertz CT molecular complexity index is 271. The van der Waals surface area contributed by atoms with Crippen LogP contribution < -0.4 is 0 Å². The van der Waals surface area contributed by atoms with E-state index in [0.717, 1.165) is 0 Å². The summed E-state index contributed by atoms with van der Waals surface area (Å²) in [6.45, 7) is 9.94. The van der Waals surface area contributed by atoms with Gasteiger partial charge in [0.2, 0.25) is 0 Å². The molecule has 0 aromatic carbocycles. The molecule has 0 spiro atoms. The van der Waals surface area contributed by atoms with Crippen LogP contribution in [0, 0.1) is 23.7 Å². The lowest BCUT2D eigenvalue weighted by atomic mass is 9.81. The first-order valence-electron chi connectivity index (χ1n) is 6.68. The number of carbonyl (C=O) groups is 2. The zero-order valence-corrected chi connectivity index (χ0v) is 12.1. The molecule has 2 atom stereocenters. The average molecular weight is 258 g/mol. The Kier molecular flexibility index (Phi) is 7.64. The van der Waals surface area contributed by atoms with Crippen LogP contribution in [-0.2, 0) is 14.3 Å². The summed E-state index contributed by atoms with van der Waals surface area (Å²) in [4.78, 5) is 23.3. The Labute approximate surface area is 110 Å². The molecule has 0 amide bonds. The molecule has 0 rings (SSSR count). The SMILES string of the molecule is CCOC(=O)[C@H](CC(C)C)[C@H](CC(C)C)C(=O)O. The molecule has 0 radical (unpaired) electrons. The fourth-order valence-electron chi connectivity index (χ4n) is 2.13. The Morgan fingerprint density at radius 1 is 1.00 bits per heavy atom. The van der Waals surface area contributed by atoms with Crippen molar-refractivity contribution < 1.29 is 19.4 Å². The minimum atomic E-state index is -0.901. The molecular formula is C14H26O4. The van der Waals surface area contributed by atoms with E-state index in [-0.39, 0.29) is 17.8 Å². The summed E-state index contributed by atoms with van der Waals surface area (Å²) in [6, 6.07) is 0. The summed E-state index contributed by atoms with van der Waals surface area (Å²) >= 11 is 0. The molecule has 0 bridgehead atoms. The lowest BCUT2D eigenvalue weighted by Gasteiger charge is -2.25. The third kappa shape index (κ3) is 6.03. The molecule has 0 aromatic rings. The van der Waals surface area contributed by atoms with E-state index in [1.807, 2.05) is 27.7 Å². The highest BCUT2D eigenvalue weighted by molar-refractivity contribution is 5.81. The Balaban J connectivity index is 4.96. The van der Waals surface area contributed by atoms with Gasteiger partial charge < -0.3 is 9.84 Å². The molecule has 106 valence electrons. The molecule has 0 unspecified atom stereocenters. The van der Waals surface area contributed by atoms with Crippen LogP contribution in [0.15, 0.2) is 0 Å². The quantitative estimate of drug-likeness (QED) is 0.680. The molecule has 0 saturated heterocycles. The van der Waals surface area contributed by atoms with Gasteiger partial charge in [0.25, 0.3) is 0 Å². The summed E-state index contributed by atoms with van der Waals surface area (Å²) in [5.74, 6) is -1.94. The molecule has 0 aliphatic heterocycles. The van der Waals surface area contributed by atoms with Gasteiger partial charge >= 0.3 is 11.9 Å². The van der Waals surface area contributed by atoms with Crippen molar-refractivity contribution in [3.63, 3.8) is 0 Å². The summed E-state index contributed by atoms with van der Waals surface area (Å²) in [6.07, 6.45) is 1.06. The Morgan fingerprint density at radius 3 is 1.78 bits per heavy atom. The second-order valence-corrected chi connectivity index (χ2v) is 5.56. The van der Waals surface area contributed by atoms with Gasteiger partial charge in [-0.05, 0) is 31.6 Å². The van der Waals surface area contributed by atoms with E-state index in [9.17, 15) is 14.7 Å². The van der Waals surface area contributed by atoms with Crippen molar-refractivity contribution in [1.29, 1.82) is 0 Å². The lowest BCUT2D eigenvalue weighted by molar-refractivity contribution is -0.158. The first kappa shape index (κ1) is 16.9. The highest BCUT2D eigenvalue weighted by atomic mass is 16.5. The Hall–Kier alpha value is -1.06. The van der Waals surface area contributed by atoms with E-state index in [4.69, 9.17) is 4.74 Å². The first-order chi connectivity index (χ1) is 8.29. The van der Waals surface area contributed by atoms with E-state index in [0.29, 0.717) is 19.4 Å². The smallest absolute Gasteiger partial charge is 0.309 e. The predicted octanol–water partition coefficient (Wildman–Crippen LogP) is 2.96. The standard InChI is InChI=1S/C14H26O4/c1-6-18-14(17)12(8-10(4)5)11(13(15)16)7-9(2)3/h9-12H,6-8H2,1-5H3,(H,15,16)/t11-,12+/m0/s1. The van der Waals surface area contributed by atoms with Crippen LogP contribution in [0.1, 0.15) is 47.5 Å². The highest BCUT2D eigenvalue weighted by Gasteiger charge is 2.35. The van der Waals surface area contributed by atoms with E-state index in [1.54, 1.807) is 6.92 Å². The molecule has 18 heavy (non-hydrogen) atoms. The van der Waals surface area contributed by atoms with Crippen LogP contribution >= 0.6 is 0 Å². The predicted molar refractivity (Wildman–Crippen MR) is 70.2 cm³/mol. The summed E-state index contributed by atoms with van der Waals surface area (Å²) in [7, 11) is 0. The summed E-state index contributed by atoms with van der Waals surface area (Å²) in [5.41, 5.74) is 0. The fourth-order valence-corrected chi connectivity index (χ4v) is 2.13. The minimum absolute atomic E-state index is 0.246. The normalized spacial score (nSPS) is 14.6. The molecule has 0 saturated carbocycles. The second-order valence-electron chi connectivity index (χ2n) is 5.56. The van der Waals surface area contributed by atoms with Crippen molar-refractivity contribution >= 4 is 11.9 Å². The van der Waals surface area contributed by atoms with Gasteiger partial charge in [-0.2, -0.15) is 0 Å². The lowest BCUT2D eigenvalue weighted by Crippen LogP contribution is -2.33. The summed E-state index contributed by atoms with van der Waals surface area (Å²) in [5, 5.41) is 9.31. The van der Waals surface area contributed by atoms with Gasteiger partial charge in [0.15, 0.2) is 0 Å². The molecule has 0 heterocycles. The number of hydrogen-bond acceptors (Lipinski definition) is 3. The number of rotatable bonds is 8. The second kappa shape index (κ2) is 8.11. The van der Waals surface area contributed by atoms with Gasteiger partial charge in [-0.1, -0.05) is 27.7 Å². The van der Waals surface area contributed by atoms with E-state index in [1.165, 1.54) is 0 Å². The monoisotopic (exact) mass is 258 g/mol. The van der Waals surface area contributed by atoms with Crippen LogP contribution in [0.2, 0.25) is 0 Å². The number of carboxylic acids is 1. The molecule has 0 aliphatic carbocycles. The maximum absolute atomic E-state index is 11.9. The molecule has 1 N–H and O–H groups in total. The van der Waals surface area contributed by atoms with Gasteiger partial charge in [-0.15, -0.1) is 0 Å². The highest BCUT2D eigenvalue weighted by Crippen LogP contribution is 2.28. The zero-order chi connectivity index (χ0) is 14.3. The summed E-state index contributed by atoms with van der Waals surface area (Å²) < 4.78 is 5.02. The van der Waals surface area contributed by atoms with Gasteiger partial charge in [-0.25, -0.2) is 0 Å². The number of aliphatic carboxylic acids is 1. The number of ether oxygens (including phenoxy) is 1. The largest absolute Gasteiger partial charge is 0.481 e. The van der Waals surface area contributed by atoms with Crippen LogP contribution in [0.25, 0.3) is 0 Å². The topological polar surface area (TPSA) is 63.6 Å². The van der Waals surface area contributed by atoms with E-state index >= 15 is 0 Å². The van der Waals surface area contributed by atoms with Crippen molar-refractivity contribution in [2.75, 3.05) is 6.61 Å². The molecular weight excluding hydrogens is 232 g/mol. The maximum Gasteiger partial charge on any atom is 0.309 e. The zero-order valence-electron chi connectivity index (χ0n) is 12.1. The molecule has 0 aliphatic rings.